The molecule has 1 saturated heterocycles. The van der Waals surface area contributed by atoms with Gasteiger partial charge in [0.2, 0.25) is 0 Å². The number of benzene rings is 1. The van der Waals surface area contributed by atoms with Crippen LogP contribution in [0.5, 0.6) is 0 Å². The van der Waals surface area contributed by atoms with Gasteiger partial charge in [0.1, 0.15) is 0 Å². The lowest BCUT2D eigenvalue weighted by Crippen LogP contribution is -2.47. The van der Waals surface area contributed by atoms with Crippen molar-refractivity contribution in [2.24, 2.45) is 0 Å². The zero-order chi connectivity index (χ0) is 16.2. The number of methoxy groups -OCH3 is 1. The molecule has 2 N–H and O–H groups in total. The summed E-state index contributed by atoms with van der Waals surface area (Å²) in [6.45, 7) is 4.24. The predicted molar refractivity (Wildman–Crippen MR) is 89.2 cm³/mol. The van der Waals surface area contributed by atoms with Crippen LogP contribution in [0.25, 0.3) is 0 Å². The monoisotopic (exact) mass is 322 g/mol. The minimum atomic E-state index is -0.648. The first-order chi connectivity index (χ1) is 10.5. The normalized spacial score (nSPS) is 20.7. The van der Waals surface area contributed by atoms with E-state index < -0.39 is 11.8 Å². The fraction of sp³-hybridized carbons (Fsp3) is 0.500. The lowest BCUT2D eigenvalue weighted by molar-refractivity contribution is -0.136. The maximum absolute atomic E-state index is 12.0. The highest BCUT2D eigenvalue weighted by Crippen LogP contribution is 2.30. The zero-order valence-electron chi connectivity index (χ0n) is 13.2. The van der Waals surface area contributed by atoms with Crippen molar-refractivity contribution in [3.05, 3.63) is 29.3 Å². The minimum absolute atomic E-state index is 0.347. The molecule has 1 aliphatic rings. The molecule has 0 radical (unpaired) electrons. The van der Waals surface area contributed by atoms with E-state index >= 15 is 0 Å². The summed E-state index contributed by atoms with van der Waals surface area (Å²) < 4.78 is 5.51. The van der Waals surface area contributed by atoms with Gasteiger partial charge < -0.3 is 15.4 Å². The van der Waals surface area contributed by atoms with E-state index in [2.05, 4.69) is 10.6 Å². The first-order valence-electron chi connectivity index (χ1n) is 7.26. The number of thioether (sulfide) groups is 1. The van der Waals surface area contributed by atoms with Crippen LogP contribution < -0.4 is 10.6 Å². The average molecular weight is 322 g/mol. The molecule has 0 aromatic heterocycles. The van der Waals surface area contributed by atoms with Crippen LogP contribution in [0.4, 0.5) is 5.69 Å². The molecule has 5 nitrogen and oxygen atoms in total. The predicted octanol–water partition coefficient (Wildman–Crippen LogP) is 1.88. The van der Waals surface area contributed by atoms with Crippen LogP contribution >= 0.6 is 11.8 Å². The Morgan fingerprint density at radius 2 is 2.09 bits per heavy atom. The van der Waals surface area contributed by atoms with Crippen LogP contribution in [0.15, 0.2) is 18.2 Å². The van der Waals surface area contributed by atoms with E-state index in [1.165, 1.54) is 0 Å². The van der Waals surface area contributed by atoms with Crippen molar-refractivity contribution in [2.45, 2.75) is 25.9 Å². The molecule has 1 unspecified atom stereocenters. The number of hydrogen-bond acceptors (Lipinski definition) is 4. The quantitative estimate of drug-likeness (QED) is 0.831. The van der Waals surface area contributed by atoms with Gasteiger partial charge in [-0.3, -0.25) is 9.59 Å². The number of carbonyl (C=O) groups is 2. The van der Waals surface area contributed by atoms with E-state index in [9.17, 15) is 9.59 Å². The largest absolute Gasteiger partial charge is 0.376 e. The molecule has 1 aliphatic heterocycles. The van der Waals surface area contributed by atoms with Crippen molar-refractivity contribution in [1.29, 1.82) is 0 Å². The molecule has 6 heteroatoms. The molecule has 0 bridgehead atoms. The molecule has 1 fully saturated rings. The number of carbonyl (C=O) groups excluding carboxylic acids is 2. The van der Waals surface area contributed by atoms with Crippen LogP contribution in [-0.2, 0) is 14.3 Å². The summed E-state index contributed by atoms with van der Waals surface area (Å²) in [5.41, 5.74) is 2.35. The highest BCUT2D eigenvalue weighted by atomic mass is 32.2. The van der Waals surface area contributed by atoms with Crippen molar-refractivity contribution in [2.75, 3.05) is 30.5 Å². The van der Waals surface area contributed by atoms with Gasteiger partial charge in [0, 0.05) is 25.1 Å². The number of rotatable bonds is 4. The topological polar surface area (TPSA) is 67.4 Å². The first-order valence-corrected chi connectivity index (χ1v) is 8.41. The summed E-state index contributed by atoms with van der Waals surface area (Å²) in [5.74, 6) is 0.570. The first kappa shape index (κ1) is 16.8. The molecular formula is C16H22N2O3S. The summed E-state index contributed by atoms with van der Waals surface area (Å²) >= 11 is 1.79. The smallest absolute Gasteiger partial charge is 0.313 e. The molecule has 2 rings (SSSR count). The molecule has 1 aromatic rings. The maximum atomic E-state index is 12.0. The Balaban J connectivity index is 1.92. The Bertz CT molecular complexity index is 569. The van der Waals surface area contributed by atoms with E-state index in [0.717, 1.165) is 29.1 Å². The number of hydrogen-bond donors (Lipinski definition) is 2. The van der Waals surface area contributed by atoms with Gasteiger partial charge in [-0.1, -0.05) is 12.1 Å². The maximum Gasteiger partial charge on any atom is 0.313 e. The molecular weight excluding hydrogens is 300 g/mol. The second-order valence-electron chi connectivity index (χ2n) is 5.57. The van der Waals surface area contributed by atoms with Gasteiger partial charge in [0.25, 0.3) is 0 Å². The molecule has 120 valence electrons. The number of ether oxygens (including phenoxy) is 1. The Labute approximate surface area is 135 Å². The Morgan fingerprint density at radius 1 is 1.32 bits per heavy atom. The third kappa shape index (κ3) is 3.81. The van der Waals surface area contributed by atoms with Crippen LogP contribution in [0, 0.1) is 13.8 Å². The van der Waals surface area contributed by atoms with E-state index in [-0.39, 0.29) is 5.60 Å². The lowest BCUT2D eigenvalue weighted by atomic mass is 10.0. The molecule has 2 amide bonds. The standard InChI is InChI=1S/C16H22N2O3S/c1-11-5-4-6-13(12(11)2)18-15(20)14(19)17-9-16(21-3)7-8-22-10-16/h4-6H,7-10H2,1-3H3,(H,17,19)(H,18,20). The van der Waals surface area contributed by atoms with Gasteiger partial charge in [-0.2, -0.15) is 11.8 Å². The fourth-order valence-electron chi connectivity index (χ4n) is 2.35. The Morgan fingerprint density at radius 3 is 2.73 bits per heavy atom. The molecule has 1 atom stereocenters. The second-order valence-corrected chi connectivity index (χ2v) is 6.68. The molecule has 0 saturated carbocycles. The molecule has 22 heavy (non-hydrogen) atoms. The summed E-state index contributed by atoms with van der Waals surface area (Å²) in [5, 5.41) is 5.34. The number of amides is 2. The van der Waals surface area contributed by atoms with E-state index in [4.69, 9.17) is 4.74 Å². The van der Waals surface area contributed by atoms with Crippen LogP contribution in [0.3, 0.4) is 0 Å². The van der Waals surface area contributed by atoms with Crippen molar-refractivity contribution in [1.82, 2.24) is 5.32 Å². The van der Waals surface area contributed by atoms with Crippen molar-refractivity contribution >= 4 is 29.3 Å². The Hall–Kier alpha value is -1.53. The van der Waals surface area contributed by atoms with Gasteiger partial charge >= 0.3 is 11.8 Å². The van der Waals surface area contributed by atoms with Gasteiger partial charge in [0.15, 0.2) is 0 Å². The van der Waals surface area contributed by atoms with Crippen molar-refractivity contribution in [3.8, 4) is 0 Å². The third-order valence-corrected chi connectivity index (χ3v) is 5.35. The van der Waals surface area contributed by atoms with Gasteiger partial charge in [-0.15, -0.1) is 0 Å². The summed E-state index contributed by atoms with van der Waals surface area (Å²) in [4.78, 5) is 24.0. The van der Waals surface area contributed by atoms with Crippen molar-refractivity contribution in [3.63, 3.8) is 0 Å². The van der Waals surface area contributed by atoms with Crippen LogP contribution in [0.2, 0.25) is 0 Å². The third-order valence-electron chi connectivity index (χ3n) is 4.13. The summed E-state index contributed by atoms with van der Waals surface area (Å²) in [6.07, 6.45) is 0.882. The number of nitrogens with one attached hydrogen (secondary N) is 2. The molecule has 0 spiro atoms. The van der Waals surface area contributed by atoms with Gasteiger partial charge in [0.05, 0.1) is 5.60 Å². The Kier molecular flexibility index (Phi) is 5.47. The van der Waals surface area contributed by atoms with Crippen LogP contribution in [-0.4, -0.2) is 42.6 Å². The average Bonchev–Trinajstić information content (AvgIpc) is 2.99. The van der Waals surface area contributed by atoms with E-state index in [0.29, 0.717) is 12.2 Å². The molecule has 1 heterocycles. The van der Waals surface area contributed by atoms with Crippen molar-refractivity contribution < 1.29 is 14.3 Å². The zero-order valence-corrected chi connectivity index (χ0v) is 14.0. The van der Waals surface area contributed by atoms with Gasteiger partial charge in [-0.05, 0) is 43.2 Å². The number of anilines is 1. The minimum Gasteiger partial charge on any atom is -0.376 e. The molecule has 0 aliphatic carbocycles. The van der Waals surface area contributed by atoms with Crippen LogP contribution in [0.1, 0.15) is 17.5 Å². The summed E-state index contributed by atoms with van der Waals surface area (Å²) in [6, 6.07) is 5.61. The van der Waals surface area contributed by atoms with Gasteiger partial charge in [-0.25, -0.2) is 0 Å². The van der Waals surface area contributed by atoms with E-state index in [1.807, 2.05) is 26.0 Å². The highest BCUT2D eigenvalue weighted by Gasteiger charge is 2.35. The second kappa shape index (κ2) is 7.15. The summed E-state index contributed by atoms with van der Waals surface area (Å²) in [7, 11) is 1.65. The fourth-order valence-corrected chi connectivity index (χ4v) is 3.75. The molecule has 1 aromatic carbocycles. The highest BCUT2D eigenvalue weighted by molar-refractivity contribution is 7.99. The SMILES string of the molecule is COC1(CNC(=O)C(=O)Nc2cccc(C)c2C)CCSC1. The number of aryl methyl sites for hydroxylation is 1. The van der Waals surface area contributed by atoms with E-state index in [1.54, 1.807) is 24.9 Å². The lowest BCUT2D eigenvalue weighted by Gasteiger charge is -2.26.